The summed E-state index contributed by atoms with van der Waals surface area (Å²) < 4.78 is 40.7. The van der Waals surface area contributed by atoms with Gasteiger partial charge in [0.1, 0.15) is 5.82 Å². The first-order valence-corrected chi connectivity index (χ1v) is 12.5. The number of halogens is 3. The number of aryl methyl sites for hydroxylation is 1. The molecule has 4 aromatic heterocycles. The molecule has 10 heteroatoms. The Morgan fingerprint density at radius 1 is 1.08 bits per heavy atom. The first-order chi connectivity index (χ1) is 18.3. The van der Waals surface area contributed by atoms with E-state index in [-0.39, 0.29) is 5.82 Å². The first kappa shape index (κ1) is 24.3. The van der Waals surface area contributed by atoms with E-state index >= 15 is 0 Å². The molecule has 38 heavy (non-hydrogen) atoms. The number of aromatic amines is 1. The zero-order chi connectivity index (χ0) is 26.4. The molecule has 1 saturated carbocycles. The number of hydrogen-bond donors (Lipinski definition) is 2. The Balaban J connectivity index is 1.35. The summed E-state index contributed by atoms with van der Waals surface area (Å²) in [6, 6.07) is 11.4. The molecule has 7 nitrogen and oxygen atoms in total. The molecular formula is C28H26F3N7. The lowest BCUT2D eigenvalue weighted by atomic mass is 10.0. The molecule has 0 radical (unpaired) electrons. The van der Waals surface area contributed by atoms with Crippen LogP contribution >= 0.6 is 0 Å². The molecule has 1 aromatic carbocycles. The summed E-state index contributed by atoms with van der Waals surface area (Å²) in [6.07, 6.45) is 3.05. The summed E-state index contributed by atoms with van der Waals surface area (Å²) in [5, 5.41) is 3.21. The van der Waals surface area contributed by atoms with Crippen molar-refractivity contribution in [3.05, 3.63) is 83.2 Å². The zero-order valence-corrected chi connectivity index (χ0v) is 21.0. The lowest BCUT2D eigenvalue weighted by Crippen LogP contribution is -2.08. The Bertz CT molecular complexity index is 1610. The van der Waals surface area contributed by atoms with Gasteiger partial charge in [-0.05, 0) is 37.6 Å². The van der Waals surface area contributed by atoms with Crippen molar-refractivity contribution in [2.75, 3.05) is 7.05 Å². The van der Waals surface area contributed by atoms with E-state index in [1.54, 1.807) is 7.05 Å². The number of alkyl halides is 3. The van der Waals surface area contributed by atoms with Crippen LogP contribution in [0.2, 0.25) is 0 Å². The second-order valence-electron chi connectivity index (χ2n) is 9.71. The molecule has 0 saturated heterocycles. The van der Waals surface area contributed by atoms with Gasteiger partial charge in [0.2, 0.25) is 0 Å². The van der Waals surface area contributed by atoms with E-state index in [0.717, 1.165) is 58.2 Å². The Labute approximate surface area is 217 Å². The molecule has 0 unspecified atom stereocenters. The molecule has 1 aliphatic carbocycles. The normalized spacial score (nSPS) is 13.9. The second-order valence-corrected chi connectivity index (χ2v) is 9.71. The quantitative estimate of drug-likeness (QED) is 0.293. The molecule has 2 N–H and O–H groups in total. The third-order valence-electron chi connectivity index (χ3n) is 6.88. The highest BCUT2D eigenvalue weighted by Gasteiger charge is 2.34. The van der Waals surface area contributed by atoms with Crippen LogP contribution in [0.5, 0.6) is 0 Å². The van der Waals surface area contributed by atoms with Crippen LogP contribution in [0, 0.1) is 0 Å². The highest BCUT2D eigenvalue weighted by molar-refractivity contribution is 5.82. The number of H-pyrrole nitrogens is 1. The van der Waals surface area contributed by atoms with Gasteiger partial charge in [-0.2, -0.15) is 13.2 Å². The van der Waals surface area contributed by atoms with E-state index in [0.29, 0.717) is 30.3 Å². The van der Waals surface area contributed by atoms with E-state index in [2.05, 4.69) is 25.3 Å². The molecule has 0 amide bonds. The van der Waals surface area contributed by atoms with Gasteiger partial charge < -0.3 is 14.9 Å². The maximum Gasteiger partial charge on any atom is 0.434 e. The number of nitrogens with zero attached hydrogens (tertiary/aromatic N) is 5. The highest BCUT2D eigenvalue weighted by atomic mass is 19.4. The number of rotatable bonds is 7. The summed E-state index contributed by atoms with van der Waals surface area (Å²) in [5.41, 5.74) is 6.54. The predicted octanol–water partition coefficient (Wildman–Crippen LogP) is 5.63. The molecule has 1 aliphatic rings. The van der Waals surface area contributed by atoms with Crippen molar-refractivity contribution >= 4 is 11.0 Å². The summed E-state index contributed by atoms with van der Waals surface area (Å²) in [7, 11) is 3.45. The van der Waals surface area contributed by atoms with Crippen molar-refractivity contribution < 1.29 is 13.2 Å². The van der Waals surface area contributed by atoms with E-state index in [4.69, 9.17) is 4.98 Å². The molecule has 0 atom stereocenters. The van der Waals surface area contributed by atoms with Crippen LogP contribution in [0.4, 0.5) is 13.2 Å². The molecule has 0 aliphatic heterocycles. The Morgan fingerprint density at radius 2 is 1.87 bits per heavy atom. The Kier molecular flexibility index (Phi) is 5.98. The molecule has 6 rings (SSSR count). The first-order valence-electron chi connectivity index (χ1n) is 12.5. The number of fused-ring (bicyclic) bond motifs is 1. The van der Waals surface area contributed by atoms with Crippen LogP contribution in [0.25, 0.3) is 33.8 Å². The minimum absolute atomic E-state index is 0.271. The highest BCUT2D eigenvalue weighted by Crippen LogP contribution is 2.42. The van der Waals surface area contributed by atoms with Crippen LogP contribution < -0.4 is 5.32 Å². The van der Waals surface area contributed by atoms with Gasteiger partial charge in [-0.3, -0.25) is 4.98 Å². The third-order valence-corrected chi connectivity index (χ3v) is 6.88. The fraction of sp³-hybridized carbons (Fsp3) is 0.286. The van der Waals surface area contributed by atoms with Crippen LogP contribution in [0.1, 0.15) is 47.0 Å². The molecule has 194 valence electrons. The van der Waals surface area contributed by atoms with Crippen molar-refractivity contribution in [1.29, 1.82) is 0 Å². The Hall–Kier alpha value is -4.05. The molecule has 1 fully saturated rings. The van der Waals surface area contributed by atoms with Gasteiger partial charge in [-0.25, -0.2) is 15.0 Å². The number of imidazole rings is 1. The monoisotopic (exact) mass is 517 g/mol. The van der Waals surface area contributed by atoms with Crippen molar-refractivity contribution in [3.8, 4) is 22.8 Å². The van der Waals surface area contributed by atoms with Crippen LogP contribution in [0.3, 0.4) is 0 Å². The lowest BCUT2D eigenvalue weighted by Gasteiger charge is -2.08. The smallest absolute Gasteiger partial charge is 0.354 e. The maximum atomic E-state index is 13.1. The molecule has 0 bridgehead atoms. The summed E-state index contributed by atoms with van der Waals surface area (Å²) >= 11 is 0. The molecule has 5 aromatic rings. The minimum atomic E-state index is -4.48. The van der Waals surface area contributed by atoms with Crippen molar-refractivity contribution in [1.82, 2.24) is 34.8 Å². The minimum Gasteiger partial charge on any atom is -0.354 e. The fourth-order valence-corrected chi connectivity index (χ4v) is 4.87. The number of pyridine rings is 1. The van der Waals surface area contributed by atoms with Gasteiger partial charge in [-0.1, -0.05) is 24.3 Å². The zero-order valence-electron chi connectivity index (χ0n) is 21.0. The number of hydrogen-bond acceptors (Lipinski definition) is 5. The predicted molar refractivity (Wildman–Crippen MR) is 138 cm³/mol. The number of benzene rings is 1. The third kappa shape index (κ3) is 4.56. The van der Waals surface area contributed by atoms with Gasteiger partial charge in [0.05, 0.1) is 22.9 Å². The summed E-state index contributed by atoms with van der Waals surface area (Å²) in [4.78, 5) is 21.5. The number of aromatic nitrogens is 6. The molecular weight excluding hydrogens is 491 g/mol. The summed E-state index contributed by atoms with van der Waals surface area (Å²) in [6.45, 7) is 0.632. The van der Waals surface area contributed by atoms with Crippen molar-refractivity contribution in [3.63, 3.8) is 0 Å². The standard InChI is InChI=1S/C28H26F3N7/c1-32-13-21-20(12-16-5-7-18(8-6-16)27-36-23(15-38(27)2)28(29,30)31)25-22(35-21)14-34-26(37-25)19-4-3-11-33-24(19)17-9-10-17/h3-8,11,14-15,17,32,35H,9-10,12-13H2,1-2H3. The Morgan fingerprint density at radius 3 is 2.55 bits per heavy atom. The molecule has 4 heterocycles. The SMILES string of the molecule is CNCc1[nH]c2cnc(-c3cccnc3C3CC3)nc2c1Cc1ccc(-c2nc(C(F)(F)F)cn2C)cc1. The van der Waals surface area contributed by atoms with Gasteiger partial charge in [0, 0.05) is 60.7 Å². The second kappa shape index (κ2) is 9.36. The largest absolute Gasteiger partial charge is 0.434 e. The fourth-order valence-electron chi connectivity index (χ4n) is 4.87. The van der Waals surface area contributed by atoms with Gasteiger partial charge in [-0.15, -0.1) is 0 Å². The van der Waals surface area contributed by atoms with Crippen LogP contribution in [-0.4, -0.2) is 36.5 Å². The van der Waals surface area contributed by atoms with Crippen LogP contribution in [0.15, 0.2) is 55.0 Å². The average Bonchev–Trinajstić information content (AvgIpc) is 3.60. The van der Waals surface area contributed by atoms with E-state index in [9.17, 15) is 13.2 Å². The summed E-state index contributed by atoms with van der Waals surface area (Å²) in [5.74, 6) is 1.40. The van der Waals surface area contributed by atoms with Gasteiger partial charge in [0.15, 0.2) is 11.5 Å². The van der Waals surface area contributed by atoms with E-state index in [1.165, 1.54) is 4.57 Å². The molecule has 0 spiro atoms. The average molecular weight is 518 g/mol. The van der Waals surface area contributed by atoms with E-state index < -0.39 is 11.9 Å². The topological polar surface area (TPSA) is 84.3 Å². The maximum absolute atomic E-state index is 13.1. The van der Waals surface area contributed by atoms with Crippen molar-refractivity contribution in [2.45, 2.75) is 37.9 Å². The van der Waals surface area contributed by atoms with E-state index in [1.807, 2.05) is 55.8 Å². The lowest BCUT2D eigenvalue weighted by molar-refractivity contribution is -0.140. The van der Waals surface area contributed by atoms with Crippen molar-refractivity contribution in [2.24, 2.45) is 7.05 Å². The van der Waals surface area contributed by atoms with Gasteiger partial charge in [0.25, 0.3) is 0 Å². The van der Waals surface area contributed by atoms with Gasteiger partial charge >= 0.3 is 6.18 Å². The van der Waals surface area contributed by atoms with Crippen LogP contribution in [-0.2, 0) is 26.2 Å². The number of nitrogens with one attached hydrogen (secondary N) is 2.